The summed E-state index contributed by atoms with van der Waals surface area (Å²) in [5.74, 6) is 0. The minimum Gasteiger partial charge on any atom is -0.371 e. The third kappa shape index (κ3) is 0.783. The highest BCUT2D eigenvalue weighted by Crippen LogP contribution is 2.14. The molecule has 0 spiro atoms. The van der Waals surface area contributed by atoms with Crippen molar-refractivity contribution in [1.82, 2.24) is 16.0 Å². The Morgan fingerprint density at radius 2 is 2.60 bits per heavy atom. The smallest absolute Gasteiger partial charge is 0.145 e. The highest BCUT2D eigenvalue weighted by Gasteiger charge is 2.22. The second-order valence-corrected chi connectivity index (χ2v) is 2.59. The molecular weight excluding hydrogens is 148 g/mol. The average molecular weight is 156 g/mol. The van der Waals surface area contributed by atoms with Gasteiger partial charge in [-0.1, -0.05) is 0 Å². The van der Waals surface area contributed by atoms with Crippen molar-refractivity contribution in [3.8, 4) is 0 Å². The average Bonchev–Trinajstić information content (AvgIpc) is 2.36. The van der Waals surface area contributed by atoms with Crippen LogP contribution in [0.3, 0.4) is 0 Å². The maximum atomic E-state index is 4.21. The summed E-state index contributed by atoms with van der Waals surface area (Å²) in [5, 5.41) is 10.0. The summed E-state index contributed by atoms with van der Waals surface area (Å²) >= 11 is 4.21. The minimum absolute atomic E-state index is 0.0914. The van der Waals surface area contributed by atoms with Gasteiger partial charge in [0.15, 0.2) is 0 Å². The Bertz CT molecular complexity index is 210. The second-order valence-electron chi connectivity index (χ2n) is 2.15. The van der Waals surface area contributed by atoms with Crippen molar-refractivity contribution >= 4 is 19.0 Å². The molecule has 2 aliphatic rings. The molecule has 10 heavy (non-hydrogen) atoms. The second kappa shape index (κ2) is 2.17. The topological polar surface area (TPSA) is 48.5 Å². The largest absolute Gasteiger partial charge is 0.371 e. The standard InChI is InChI=1S/C5H8N4S/c10-5-3-4(7-1-6-3)8-2-9-5/h2,4,6-7,10H,1H2,(H,8,9). The minimum atomic E-state index is 0.0914. The first kappa shape index (κ1) is 6.06. The Hall–Kier alpha value is -0.680. The molecule has 4 nitrogen and oxygen atoms in total. The lowest BCUT2D eigenvalue weighted by molar-refractivity contribution is 0.684. The molecule has 2 aliphatic heterocycles. The van der Waals surface area contributed by atoms with Gasteiger partial charge in [0, 0.05) is 0 Å². The van der Waals surface area contributed by atoms with Gasteiger partial charge in [-0.2, -0.15) is 0 Å². The number of aliphatic imine (C=N–C) groups is 1. The van der Waals surface area contributed by atoms with E-state index in [-0.39, 0.29) is 6.17 Å². The Balaban J connectivity index is 2.30. The predicted molar refractivity (Wildman–Crippen MR) is 42.6 cm³/mol. The van der Waals surface area contributed by atoms with Crippen LogP contribution in [0.5, 0.6) is 0 Å². The molecule has 2 heterocycles. The van der Waals surface area contributed by atoms with Crippen molar-refractivity contribution in [2.24, 2.45) is 4.99 Å². The molecule has 0 aromatic heterocycles. The van der Waals surface area contributed by atoms with Crippen molar-refractivity contribution in [3.63, 3.8) is 0 Å². The van der Waals surface area contributed by atoms with Crippen LogP contribution in [-0.4, -0.2) is 19.2 Å². The zero-order chi connectivity index (χ0) is 6.97. The van der Waals surface area contributed by atoms with Crippen LogP contribution in [0.4, 0.5) is 0 Å². The van der Waals surface area contributed by atoms with E-state index in [2.05, 4.69) is 33.6 Å². The lowest BCUT2D eigenvalue weighted by Gasteiger charge is -2.14. The summed E-state index contributed by atoms with van der Waals surface area (Å²) in [6.07, 6.45) is 1.74. The third-order valence-electron chi connectivity index (χ3n) is 1.53. The van der Waals surface area contributed by atoms with Gasteiger partial charge >= 0.3 is 0 Å². The molecule has 0 saturated carbocycles. The highest BCUT2D eigenvalue weighted by atomic mass is 32.1. The molecule has 0 aliphatic carbocycles. The molecule has 5 heteroatoms. The summed E-state index contributed by atoms with van der Waals surface area (Å²) in [6, 6.07) is 0. The van der Waals surface area contributed by atoms with Gasteiger partial charge in [0.25, 0.3) is 0 Å². The first-order valence-corrected chi connectivity index (χ1v) is 3.51. The molecule has 0 aromatic rings. The van der Waals surface area contributed by atoms with Crippen molar-refractivity contribution < 1.29 is 0 Å². The molecule has 3 N–H and O–H groups in total. The molecule has 0 aromatic carbocycles. The highest BCUT2D eigenvalue weighted by molar-refractivity contribution is 7.84. The summed E-state index contributed by atoms with van der Waals surface area (Å²) in [5.41, 5.74) is 1.03. The maximum absolute atomic E-state index is 4.21. The van der Waals surface area contributed by atoms with Gasteiger partial charge in [-0.15, -0.1) is 12.6 Å². The number of rotatable bonds is 0. The van der Waals surface area contributed by atoms with Crippen LogP contribution >= 0.6 is 12.6 Å². The molecule has 1 unspecified atom stereocenters. The Kier molecular flexibility index (Phi) is 1.32. The summed E-state index contributed by atoms with van der Waals surface area (Å²) in [4.78, 5) is 4.13. The zero-order valence-electron chi connectivity index (χ0n) is 5.26. The van der Waals surface area contributed by atoms with Crippen molar-refractivity contribution in [2.45, 2.75) is 6.17 Å². The summed E-state index contributed by atoms with van der Waals surface area (Å²) in [7, 11) is 0. The van der Waals surface area contributed by atoms with E-state index < -0.39 is 0 Å². The van der Waals surface area contributed by atoms with E-state index in [9.17, 15) is 0 Å². The van der Waals surface area contributed by atoms with Gasteiger partial charge in [-0.05, 0) is 0 Å². The normalized spacial score (nSPS) is 29.5. The number of thiol groups is 1. The van der Waals surface area contributed by atoms with E-state index in [4.69, 9.17) is 0 Å². The first-order valence-electron chi connectivity index (χ1n) is 3.06. The number of fused-ring (bicyclic) bond motifs is 1. The predicted octanol–water partition coefficient (Wildman–Crippen LogP) is -0.807. The van der Waals surface area contributed by atoms with E-state index >= 15 is 0 Å². The molecule has 54 valence electrons. The summed E-state index contributed by atoms with van der Waals surface area (Å²) in [6.45, 7) is 0.767. The fraction of sp³-hybridized carbons (Fsp3) is 0.400. The SMILES string of the molecule is SC1=C2NCNC2N=CN1. The maximum Gasteiger partial charge on any atom is 0.145 e. The van der Waals surface area contributed by atoms with Crippen LogP contribution in [0, 0.1) is 0 Å². The van der Waals surface area contributed by atoms with Crippen LogP contribution in [0.25, 0.3) is 0 Å². The lowest BCUT2D eigenvalue weighted by atomic mass is 10.4. The molecule has 1 fully saturated rings. The fourth-order valence-electron chi connectivity index (χ4n) is 1.03. The van der Waals surface area contributed by atoms with Gasteiger partial charge in [-0.3, -0.25) is 10.3 Å². The van der Waals surface area contributed by atoms with E-state index in [0.717, 1.165) is 17.4 Å². The molecule has 2 rings (SSSR count). The van der Waals surface area contributed by atoms with E-state index in [1.165, 1.54) is 0 Å². The van der Waals surface area contributed by atoms with Crippen molar-refractivity contribution in [1.29, 1.82) is 0 Å². The van der Waals surface area contributed by atoms with Gasteiger partial charge in [0.2, 0.25) is 0 Å². The van der Waals surface area contributed by atoms with Crippen LogP contribution in [0.15, 0.2) is 15.7 Å². The van der Waals surface area contributed by atoms with E-state index in [1.807, 2.05) is 0 Å². The molecule has 1 saturated heterocycles. The Morgan fingerprint density at radius 3 is 3.40 bits per heavy atom. The van der Waals surface area contributed by atoms with E-state index in [1.54, 1.807) is 6.34 Å². The van der Waals surface area contributed by atoms with Crippen LogP contribution < -0.4 is 16.0 Å². The van der Waals surface area contributed by atoms with Gasteiger partial charge < -0.3 is 10.6 Å². The molecule has 1 atom stereocenters. The monoisotopic (exact) mass is 156 g/mol. The van der Waals surface area contributed by atoms with Crippen LogP contribution in [0.2, 0.25) is 0 Å². The zero-order valence-corrected chi connectivity index (χ0v) is 6.15. The Labute approximate surface area is 64.2 Å². The molecule has 0 radical (unpaired) electrons. The lowest BCUT2D eigenvalue weighted by Crippen LogP contribution is -2.28. The molecule has 0 amide bonds. The van der Waals surface area contributed by atoms with E-state index in [0.29, 0.717) is 0 Å². The Morgan fingerprint density at radius 1 is 1.70 bits per heavy atom. The van der Waals surface area contributed by atoms with Crippen molar-refractivity contribution in [3.05, 3.63) is 10.7 Å². The summed E-state index contributed by atoms with van der Waals surface area (Å²) < 4.78 is 0. The first-order chi connectivity index (χ1) is 4.88. The van der Waals surface area contributed by atoms with Crippen LogP contribution in [0.1, 0.15) is 0 Å². The van der Waals surface area contributed by atoms with Gasteiger partial charge in [0.1, 0.15) is 6.17 Å². The molecular formula is C5H8N4S. The number of nitrogens with zero attached hydrogens (tertiary/aromatic N) is 1. The van der Waals surface area contributed by atoms with Crippen molar-refractivity contribution in [2.75, 3.05) is 6.67 Å². The van der Waals surface area contributed by atoms with Crippen LogP contribution in [-0.2, 0) is 0 Å². The third-order valence-corrected chi connectivity index (χ3v) is 1.90. The van der Waals surface area contributed by atoms with Gasteiger partial charge in [0.05, 0.1) is 23.7 Å². The number of hydrogen-bond donors (Lipinski definition) is 4. The quantitative estimate of drug-likeness (QED) is 0.347. The molecule has 0 bridgehead atoms. The number of hydrogen-bond acceptors (Lipinski definition) is 5. The van der Waals surface area contributed by atoms with Gasteiger partial charge in [-0.25, -0.2) is 0 Å². The number of nitrogens with one attached hydrogen (secondary N) is 3. The fourth-order valence-corrected chi connectivity index (χ4v) is 1.29.